The van der Waals surface area contributed by atoms with E-state index in [4.69, 9.17) is 9.15 Å². The van der Waals surface area contributed by atoms with E-state index in [-0.39, 0.29) is 5.56 Å². The molecule has 0 saturated heterocycles. The number of carbonyl (C=O) groups is 1. The number of carboxylic acids is 1. The molecule has 1 heterocycles. The highest BCUT2D eigenvalue weighted by Gasteiger charge is 2.14. The highest BCUT2D eigenvalue weighted by Crippen LogP contribution is 2.29. The maximum absolute atomic E-state index is 11.7. The van der Waals surface area contributed by atoms with Crippen LogP contribution in [0.4, 0.5) is 0 Å². The summed E-state index contributed by atoms with van der Waals surface area (Å²) in [4.78, 5) is 11.7. The van der Waals surface area contributed by atoms with Crippen molar-refractivity contribution in [3.63, 3.8) is 0 Å². The van der Waals surface area contributed by atoms with Crippen LogP contribution in [0.5, 0.6) is 0 Å². The molecule has 0 atom stereocenters. The smallest absolute Gasteiger partial charge is 0.336 e. The van der Waals surface area contributed by atoms with Gasteiger partial charge in [-0.1, -0.05) is 60.7 Å². The first-order valence-corrected chi connectivity index (χ1v) is 9.76. The summed E-state index contributed by atoms with van der Waals surface area (Å²) in [5.41, 5.74) is 4.86. The number of rotatable bonds is 7. The van der Waals surface area contributed by atoms with E-state index in [0.717, 1.165) is 33.8 Å². The molecular weight excluding hydrogens is 376 g/mol. The molecule has 0 saturated carbocycles. The molecule has 3 aromatic carbocycles. The minimum absolute atomic E-state index is 0.284. The van der Waals surface area contributed by atoms with E-state index >= 15 is 0 Å². The summed E-state index contributed by atoms with van der Waals surface area (Å²) < 4.78 is 11.7. The molecule has 0 aliphatic heterocycles. The number of hydrogen-bond acceptors (Lipinski definition) is 3. The highest BCUT2D eigenvalue weighted by atomic mass is 16.5. The Balaban J connectivity index is 1.48. The van der Waals surface area contributed by atoms with Crippen LogP contribution < -0.4 is 0 Å². The van der Waals surface area contributed by atoms with E-state index < -0.39 is 5.97 Å². The molecule has 150 valence electrons. The van der Waals surface area contributed by atoms with E-state index in [2.05, 4.69) is 0 Å². The predicted octanol–water partition coefficient (Wildman–Crippen LogP) is 6.34. The third-order valence-electron chi connectivity index (χ3n) is 4.98. The van der Waals surface area contributed by atoms with Crippen LogP contribution in [0.15, 0.2) is 89.3 Å². The van der Waals surface area contributed by atoms with E-state index in [0.29, 0.717) is 18.8 Å². The van der Waals surface area contributed by atoms with Gasteiger partial charge in [-0.2, -0.15) is 0 Å². The Labute approximate surface area is 175 Å². The second-order valence-electron chi connectivity index (χ2n) is 7.12. The normalized spacial score (nSPS) is 10.8. The number of benzene rings is 3. The van der Waals surface area contributed by atoms with Crippen molar-refractivity contribution in [3.05, 3.63) is 107 Å². The molecule has 1 aromatic heterocycles. The molecule has 4 aromatic rings. The van der Waals surface area contributed by atoms with Crippen LogP contribution >= 0.6 is 0 Å². The molecule has 4 rings (SSSR count). The number of carboxylic acid groups (broad SMARTS) is 1. The monoisotopic (exact) mass is 398 g/mol. The van der Waals surface area contributed by atoms with Gasteiger partial charge in [0, 0.05) is 5.56 Å². The molecule has 0 bridgehead atoms. The molecule has 4 heteroatoms. The van der Waals surface area contributed by atoms with Crippen LogP contribution in [-0.2, 0) is 18.0 Å². The van der Waals surface area contributed by atoms with Gasteiger partial charge in [-0.15, -0.1) is 0 Å². The van der Waals surface area contributed by atoms with Crippen molar-refractivity contribution < 1.29 is 19.1 Å². The largest absolute Gasteiger partial charge is 0.478 e. The van der Waals surface area contributed by atoms with Crippen LogP contribution in [0.1, 0.15) is 27.2 Å². The Morgan fingerprint density at radius 1 is 0.867 bits per heavy atom. The molecule has 1 N–H and O–H groups in total. The molecular formula is C26H22O4. The van der Waals surface area contributed by atoms with E-state index in [1.54, 1.807) is 12.1 Å². The number of aryl methyl sites for hydroxylation is 1. The summed E-state index contributed by atoms with van der Waals surface area (Å²) in [6.45, 7) is 2.68. The molecule has 0 unspecified atom stereocenters. The Morgan fingerprint density at radius 3 is 2.40 bits per heavy atom. The quantitative estimate of drug-likeness (QED) is 0.395. The zero-order chi connectivity index (χ0) is 20.9. The number of aromatic carboxylic acids is 1. The Kier molecular flexibility index (Phi) is 5.77. The third-order valence-corrected chi connectivity index (χ3v) is 4.98. The second-order valence-corrected chi connectivity index (χ2v) is 7.12. The zero-order valence-electron chi connectivity index (χ0n) is 16.7. The van der Waals surface area contributed by atoms with Crippen LogP contribution in [0.2, 0.25) is 0 Å². The highest BCUT2D eigenvalue weighted by molar-refractivity contribution is 5.96. The SMILES string of the molecule is Cc1ccccc1-c1cc(COCc2ccc(-c3ccccc3)o2)ccc1C(=O)O. The lowest BCUT2D eigenvalue weighted by molar-refractivity contribution is 0.0697. The summed E-state index contributed by atoms with van der Waals surface area (Å²) in [5, 5.41) is 9.59. The molecule has 30 heavy (non-hydrogen) atoms. The Bertz CT molecular complexity index is 1160. The molecule has 4 nitrogen and oxygen atoms in total. The molecule has 0 aliphatic rings. The van der Waals surface area contributed by atoms with Gasteiger partial charge < -0.3 is 14.3 Å². The van der Waals surface area contributed by atoms with Gasteiger partial charge in [-0.05, 0) is 53.4 Å². The lowest BCUT2D eigenvalue weighted by Gasteiger charge is -2.12. The van der Waals surface area contributed by atoms with Crippen molar-refractivity contribution in [1.29, 1.82) is 0 Å². The first kappa shape index (κ1) is 19.7. The van der Waals surface area contributed by atoms with Crippen LogP contribution in [0.3, 0.4) is 0 Å². The average molecular weight is 398 g/mol. The van der Waals surface area contributed by atoms with Crippen molar-refractivity contribution in [1.82, 2.24) is 0 Å². The number of ether oxygens (including phenoxy) is 1. The summed E-state index contributed by atoms with van der Waals surface area (Å²) in [5.74, 6) is 0.613. The summed E-state index contributed by atoms with van der Waals surface area (Å²) >= 11 is 0. The van der Waals surface area contributed by atoms with Crippen molar-refractivity contribution in [2.45, 2.75) is 20.1 Å². The molecule has 0 aliphatic carbocycles. The fourth-order valence-corrected chi connectivity index (χ4v) is 3.45. The van der Waals surface area contributed by atoms with Crippen molar-refractivity contribution >= 4 is 5.97 Å². The first-order valence-electron chi connectivity index (χ1n) is 9.76. The van der Waals surface area contributed by atoms with E-state index in [9.17, 15) is 9.90 Å². The summed E-state index contributed by atoms with van der Waals surface area (Å²) in [7, 11) is 0. The van der Waals surface area contributed by atoms with Gasteiger partial charge in [0.25, 0.3) is 0 Å². The second kappa shape index (κ2) is 8.80. The minimum Gasteiger partial charge on any atom is -0.478 e. The molecule has 0 radical (unpaired) electrons. The van der Waals surface area contributed by atoms with Crippen molar-refractivity contribution in [2.24, 2.45) is 0 Å². The number of furan rings is 1. The van der Waals surface area contributed by atoms with E-state index in [1.165, 1.54) is 0 Å². The Morgan fingerprint density at radius 2 is 1.63 bits per heavy atom. The molecule has 0 spiro atoms. The fourth-order valence-electron chi connectivity index (χ4n) is 3.45. The van der Waals surface area contributed by atoms with Gasteiger partial charge >= 0.3 is 5.97 Å². The van der Waals surface area contributed by atoms with Gasteiger partial charge in [0.2, 0.25) is 0 Å². The summed E-state index contributed by atoms with van der Waals surface area (Å²) in [6, 6.07) is 26.9. The predicted molar refractivity (Wildman–Crippen MR) is 116 cm³/mol. The number of hydrogen-bond donors (Lipinski definition) is 1. The van der Waals surface area contributed by atoms with Gasteiger partial charge in [-0.3, -0.25) is 0 Å². The molecule has 0 fully saturated rings. The van der Waals surface area contributed by atoms with Gasteiger partial charge in [0.05, 0.1) is 12.2 Å². The maximum atomic E-state index is 11.7. The topological polar surface area (TPSA) is 59.7 Å². The Hall–Kier alpha value is -3.63. The lowest BCUT2D eigenvalue weighted by atomic mass is 9.94. The zero-order valence-corrected chi connectivity index (χ0v) is 16.7. The molecule has 0 amide bonds. The van der Waals surface area contributed by atoms with Gasteiger partial charge in [0.1, 0.15) is 18.1 Å². The van der Waals surface area contributed by atoms with Gasteiger partial charge in [-0.25, -0.2) is 4.79 Å². The fraction of sp³-hybridized carbons (Fsp3) is 0.115. The summed E-state index contributed by atoms with van der Waals surface area (Å²) in [6.07, 6.45) is 0. The maximum Gasteiger partial charge on any atom is 0.336 e. The van der Waals surface area contributed by atoms with E-state index in [1.807, 2.05) is 79.7 Å². The van der Waals surface area contributed by atoms with Gasteiger partial charge in [0.15, 0.2) is 0 Å². The average Bonchev–Trinajstić information content (AvgIpc) is 3.23. The first-order chi connectivity index (χ1) is 14.6. The standard InChI is InChI=1S/C26H22O4/c1-18-7-5-6-10-22(18)24-15-19(11-13-23(24)26(27)28)16-29-17-21-12-14-25(30-21)20-8-3-2-4-9-20/h2-15H,16-17H2,1H3,(H,27,28). The van der Waals surface area contributed by atoms with Crippen molar-refractivity contribution in [3.8, 4) is 22.5 Å². The van der Waals surface area contributed by atoms with Crippen molar-refractivity contribution in [2.75, 3.05) is 0 Å². The lowest BCUT2D eigenvalue weighted by Crippen LogP contribution is -2.02. The minimum atomic E-state index is -0.940. The van der Waals surface area contributed by atoms with Crippen LogP contribution in [0.25, 0.3) is 22.5 Å². The van der Waals surface area contributed by atoms with Crippen LogP contribution in [-0.4, -0.2) is 11.1 Å². The third kappa shape index (κ3) is 4.34. The van der Waals surface area contributed by atoms with Crippen LogP contribution in [0, 0.1) is 6.92 Å².